The number of nitrogens with one attached hydrogen (secondary N) is 1. The fraction of sp³-hybridized carbons (Fsp3) is 0.333. The Kier molecular flexibility index (Phi) is 2.49. The number of hydrogen-bond donors (Lipinski definition) is 2. The van der Waals surface area contributed by atoms with Crippen molar-refractivity contribution in [2.45, 2.75) is 19.8 Å². The molecular weight excluding hydrogens is 136 g/mol. The second kappa shape index (κ2) is 3.39. The fourth-order valence-electron chi connectivity index (χ4n) is 0.988. The minimum atomic E-state index is 0.559. The normalized spacial score (nSPS) is 10.2. The summed E-state index contributed by atoms with van der Waals surface area (Å²) in [7, 11) is 0. The van der Waals surface area contributed by atoms with Crippen molar-refractivity contribution in [2.75, 3.05) is 5.43 Å². The summed E-state index contributed by atoms with van der Waals surface area (Å²) in [6.07, 6.45) is 0. The maximum atomic E-state index is 5.27. The average Bonchev–Trinajstić information content (AvgIpc) is 2.05. The van der Waals surface area contributed by atoms with Gasteiger partial charge in [-0.15, -0.1) is 0 Å². The van der Waals surface area contributed by atoms with Crippen LogP contribution in [0.1, 0.15) is 25.3 Å². The molecule has 11 heavy (non-hydrogen) atoms. The van der Waals surface area contributed by atoms with Crippen LogP contribution < -0.4 is 11.3 Å². The number of nitrogens with two attached hydrogens (primary N) is 1. The van der Waals surface area contributed by atoms with Crippen LogP contribution in [0.3, 0.4) is 0 Å². The zero-order chi connectivity index (χ0) is 8.27. The second-order valence-electron chi connectivity index (χ2n) is 2.92. The molecular formula is C9H14N2. The monoisotopic (exact) mass is 150 g/mol. The lowest BCUT2D eigenvalue weighted by atomic mass is 10.0. The molecule has 0 aliphatic carbocycles. The molecule has 0 unspecified atom stereocenters. The third-order valence-electron chi connectivity index (χ3n) is 1.72. The van der Waals surface area contributed by atoms with E-state index in [1.807, 2.05) is 12.1 Å². The first-order chi connectivity index (χ1) is 5.24. The lowest BCUT2D eigenvalue weighted by Gasteiger charge is -2.06. The summed E-state index contributed by atoms with van der Waals surface area (Å²) in [5.41, 5.74) is 4.90. The van der Waals surface area contributed by atoms with Crippen LogP contribution in [0.25, 0.3) is 0 Å². The van der Waals surface area contributed by atoms with Crippen LogP contribution in [-0.4, -0.2) is 0 Å². The third kappa shape index (κ3) is 1.95. The summed E-state index contributed by atoms with van der Waals surface area (Å²) < 4.78 is 0. The van der Waals surface area contributed by atoms with E-state index in [1.165, 1.54) is 5.56 Å². The maximum Gasteiger partial charge on any atom is 0.0487 e. The van der Waals surface area contributed by atoms with Gasteiger partial charge in [-0.3, -0.25) is 5.84 Å². The molecule has 0 aliphatic rings. The minimum Gasteiger partial charge on any atom is -0.324 e. The predicted molar refractivity (Wildman–Crippen MR) is 48.3 cm³/mol. The zero-order valence-electron chi connectivity index (χ0n) is 6.96. The van der Waals surface area contributed by atoms with Gasteiger partial charge in [0.1, 0.15) is 0 Å². The number of hydrazine groups is 1. The molecule has 3 N–H and O–H groups in total. The van der Waals surface area contributed by atoms with Crippen LogP contribution in [0.2, 0.25) is 0 Å². The molecule has 0 aliphatic heterocycles. The van der Waals surface area contributed by atoms with Gasteiger partial charge >= 0.3 is 0 Å². The molecule has 1 rings (SSSR count). The standard InChI is InChI=1S/C9H14N2/c1-7(2)8-4-3-5-9(6-8)11-10/h3-7,11H,10H2,1-2H3. The number of benzene rings is 1. The lowest BCUT2D eigenvalue weighted by Crippen LogP contribution is -2.06. The Morgan fingerprint density at radius 1 is 1.36 bits per heavy atom. The number of nitrogen functional groups attached to an aromatic ring is 1. The quantitative estimate of drug-likeness (QED) is 0.500. The SMILES string of the molecule is CC(C)c1cccc(NN)c1. The van der Waals surface area contributed by atoms with Crippen LogP contribution in [0.15, 0.2) is 24.3 Å². The molecule has 0 bridgehead atoms. The Morgan fingerprint density at radius 2 is 2.09 bits per heavy atom. The number of rotatable bonds is 2. The molecule has 2 heteroatoms. The van der Waals surface area contributed by atoms with E-state index in [2.05, 4.69) is 31.4 Å². The maximum absolute atomic E-state index is 5.27. The van der Waals surface area contributed by atoms with Crippen LogP contribution in [0.5, 0.6) is 0 Å². The molecule has 1 aromatic rings. The van der Waals surface area contributed by atoms with E-state index in [4.69, 9.17) is 5.84 Å². The summed E-state index contributed by atoms with van der Waals surface area (Å²) in [4.78, 5) is 0. The highest BCUT2D eigenvalue weighted by Crippen LogP contribution is 2.17. The van der Waals surface area contributed by atoms with Gasteiger partial charge in [-0.2, -0.15) is 0 Å². The van der Waals surface area contributed by atoms with Gasteiger partial charge < -0.3 is 5.43 Å². The molecule has 0 saturated carbocycles. The number of anilines is 1. The van der Waals surface area contributed by atoms with Gasteiger partial charge in [0.05, 0.1) is 0 Å². The Labute approximate surface area is 67.4 Å². The van der Waals surface area contributed by atoms with Crippen LogP contribution >= 0.6 is 0 Å². The first kappa shape index (κ1) is 8.08. The van der Waals surface area contributed by atoms with E-state index in [1.54, 1.807) is 0 Å². The van der Waals surface area contributed by atoms with Gasteiger partial charge in [-0.05, 0) is 23.6 Å². The van der Waals surface area contributed by atoms with E-state index < -0.39 is 0 Å². The summed E-state index contributed by atoms with van der Waals surface area (Å²) in [5.74, 6) is 5.83. The van der Waals surface area contributed by atoms with Gasteiger partial charge in [0, 0.05) is 5.69 Å². The Morgan fingerprint density at radius 3 is 2.64 bits per heavy atom. The molecule has 2 nitrogen and oxygen atoms in total. The van der Waals surface area contributed by atoms with E-state index in [9.17, 15) is 0 Å². The summed E-state index contributed by atoms with van der Waals surface area (Å²) in [6, 6.07) is 8.12. The molecule has 0 heterocycles. The van der Waals surface area contributed by atoms with Crippen LogP contribution in [0, 0.1) is 0 Å². The lowest BCUT2D eigenvalue weighted by molar-refractivity contribution is 0.867. The van der Waals surface area contributed by atoms with Crippen molar-refractivity contribution in [2.24, 2.45) is 5.84 Å². The smallest absolute Gasteiger partial charge is 0.0487 e. The van der Waals surface area contributed by atoms with Crippen molar-refractivity contribution >= 4 is 5.69 Å². The molecule has 1 aromatic carbocycles. The predicted octanol–water partition coefficient (Wildman–Crippen LogP) is 2.10. The first-order valence-corrected chi connectivity index (χ1v) is 3.80. The van der Waals surface area contributed by atoms with Crippen LogP contribution in [-0.2, 0) is 0 Å². The molecule has 0 fully saturated rings. The van der Waals surface area contributed by atoms with Gasteiger partial charge in [0.2, 0.25) is 0 Å². The first-order valence-electron chi connectivity index (χ1n) is 3.80. The van der Waals surface area contributed by atoms with Gasteiger partial charge in [-0.25, -0.2) is 0 Å². The van der Waals surface area contributed by atoms with Crippen molar-refractivity contribution < 1.29 is 0 Å². The average molecular weight is 150 g/mol. The van der Waals surface area contributed by atoms with Crippen molar-refractivity contribution in [1.29, 1.82) is 0 Å². The van der Waals surface area contributed by atoms with Crippen LogP contribution in [0.4, 0.5) is 5.69 Å². The van der Waals surface area contributed by atoms with Gasteiger partial charge in [-0.1, -0.05) is 26.0 Å². The number of hydrogen-bond acceptors (Lipinski definition) is 2. The Hall–Kier alpha value is -1.02. The largest absolute Gasteiger partial charge is 0.324 e. The van der Waals surface area contributed by atoms with Crippen molar-refractivity contribution in [3.63, 3.8) is 0 Å². The molecule has 0 amide bonds. The molecule has 0 aromatic heterocycles. The van der Waals surface area contributed by atoms with E-state index in [-0.39, 0.29) is 0 Å². The highest BCUT2D eigenvalue weighted by molar-refractivity contribution is 5.45. The summed E-state index contributed by atoms with van der Waals surface area (Å²) in [5, 5.41) is 0. The highest BCUT2D eigenvalue weighted by atomic mass is 15.2. The van der Waals surface area contributed by atoms with E-state index >= 15 is 0 Å². The molecule has 60 valence electrons. The highest BCUT2D eigenvalue weighted by Gasteiger charge is 1.97. The molecule has 0 spiro atoms. The fourth-order valence-corrected chi connectivity index (χ4v) is 0.988. The van der Waals surface area contributed by atoms with E-state index in [0.717, 1.165) is 5.69 Å². The topological polar surface area (TPSA) is 38.0 Å². The van der Waals surface area contributed by atoms with Crippen molar-refractivity contribution in [3.05, 3.63) is 29.8 Å². The van der Waals surface area contributed by atoms with Gasteiger partial charge in [0.25, 0.3) is 0 Å². The van der Waals surface area contributed by atoms with Crippen molar-refractivity contribution in [1.82, 2.24) is 0 Å². The second-order valence-corrected chi connectivity index (χ2v) is 2.92. The summed E-state index contributed by atoms with van der Waals surface area (Å²) in [6.45, 7) is 4.32. The van der Waals surface area contributed by atoms with Gasteiger partial charge in [0.15, 0.2) is 0 Å². The molecule has 0 radical (unpaired) electrons. The minimum absolute atomic E-state index is 0.559. The molecule has 0 atom stereocenters. The Bertz CT molecular complexity index is 231. The molecule has 0 saturated heterocycles. The zero-order valence-corrected chi connectivity index (χ0v) is 6.96. The summed E-state index contributed by atoms with van der Waals surface area (Å²) >= 11 is 0. The Balaban J connectivity index is 2.91. The third-order valence-corrected chi connectivity index (χ3v) is 1.72. The van der Waals surface area contributed by atoms with Crippen molar-refractivity contribution in [3.8, 4) is 0 Å². The van der Waals surface area contributed by atoms with E-state index in [0.29, 0.717) is 5.92 Å².